The van der Waals surface area contributed by atoms with E-state index in [0.29, 0.717) is 44.9 Å². The average molecular weight is 332 g/mol. The van der Waals surface area contributed by atoms with E-state index >= 15 is 0 Å². The number of likely N-dealkylation sites (tertiary alicyclic amines) is 1. The SMILES string of the molecule is CC(C)(C(=O)N1CCC(C(N)=O)CC1)c1ccc2c(c1)OCCO2. The first-order valence-electron chi connectivity index (χ1n) is 8.38. The summed E-state index contributed by atoms with van der Waals surface area (Å²) in [6.07, 6.45) is 1.27. The Bertz CT molecular complexity index is 648. The molecule has 6 heteroatoms. The molecule has 0 bridgehead atoms. The molecule has 1 aromatic carbocycles. The number of amides is 2. The number of ether oxygens (including phenoxy) is 2. The maximum Gasteiger partial charge on any atom is 0.232 e. The maximum atomic E-state index is 13.0. The molecule has 0 aromatic heterocycles. The van der Waals surface area contributed by atoms with Crippen LogP contribution < -0.4 is 15.2 Å². The van der Waals surface area contributed by atoms with E-state index < -0.39 is 5.41 Å². The maximum absolute atomic E-state index is 13.0. The van der Waals surface area contributed by atoms with Gasteiger partial charge in [0.05, 0.1) is 5.41 Å². The van der Waals surface area contributed by atoms with Crippen LogP contribution in [0.1, 0.15) is 32.3 Å². The van der Waals surface area contributed by atoms with E-state index in [4.69, 9.17) is 15.2 Å². The summed E-state index contributed by atoms with van der Waals surface area (Å²) >= 11 is 0. The molecule has 0 radical (unpaired) electrons. The Balaban J connectivity index is 1.75. The van der Waals surface area contributed by atoms with Crippen molar-refractivity contribution in [1.29, 1.82) is 0 Å². The summed E-state index contributed by atoms with van der Waals surface area (Å²) in [7, 11) is 0. The van der Waals surface area contributed by atoms with Gasteiger partial charge in [0.25, 0.3) is 0 Å². The normalized spacial score (nSPS) is 18.3. The van der Waals surface area contributed by atoms with Crippen LogP contribution in [0.2, 0.25) is 0 Å². The van der Waals surface area contributed by atoms with Crippen LogP contribution in [0.5, 0.6) is 11.5 Å². The molecule has 1 fully saturated rings. The molecule has 0 unspecified atom stereocenters. The van der Waals surface area contributed by atoms with Crippen molar-refractivity contribution in [1.82, 2.24) is 4.90 Å². The number of primary amides is 1. The van der Waals surface area contributed by atoms with Crippen molar-refractivity contribution in [3.05, 3.63) is 23.8 Å². The number of rotatable bonds is 3. The van der Waals surface area contributed by atoms with E-state index in [9.17, 15) is 9.59 Å². The predicted molar refractivity (Wildman–Crippen MR) is 89.0 cm³/mol. The van der Waals surface area contributed by atoms with Gasteiger partial charge < -0.3 is 20.1 Å². The first kappa shape index (κ1) is 16.6. The Hall–Kier alpha value is -2.24. The lowest BCUT2D eigenvalue weighted by Crippen LogP contribution is -2.48. The fourth-order valence-corrected chi connectivity index (χ4v) is 3.32. The van der Waals surface area contributed by atoms with Crippen molar-refractivity contribution in [3.63, 3.8) is 0 Å². The van der Waals surface area contributed by atoms with Crippen molar-refractivity contribution in [3.8, 4) is 11.5 Å². The van der Waals surface area contributed by atoms with Gasteiger partial charge >= 0.3 is 0 Å². The molecule has 1 saturated heterocycles. The average Bonchev–Trinajstić information content (AvgIpc) is 2.60. The minimum atomic E-state index is -0.671. The number of piperidine rings is 1. The zero-order valence-corrected chi connectivity index (χ0v) is 14.2. The summed E-state index contributed by atoms with van der Waals surface area (Å²) in [6, 6.07) is 5.67. The third kappa shape index (κ3) is 3.05. The summed E-state index contributed by atoms with van der Waals surface area (Å²) < 4.78 is 11.2. The van der Waals surface area contributed by atoms with Gasteiger partial charge in [-0.25, -0.2) is 0 Å². The van der Waals surface area contributed by atoms with Crippen molar-refractivity contribution < 1.29 is 19.1 Å². The predicted octanol–water partition coefficient (Wildman–Crippen LogP) is 1.46. The van der Waals surface area contributed by atoms with Crippen LogP contribution in [0.15, 0.2) is 18.2 Å². The largest absolute Gasteiger partial charge is 0.486 e. The van der Waals surface area contributed by atoms with Crippen molar-refractivity contribution in [2.24, 2.45) is 11.7 Å². The molecule has 2 heterocycles. The second-order valence-electron chi connectivity index (χ2n) is 6.95. The molecule has 0 saturated carbocycles. The molecule has 0 atom stereocenters. The third-order valence-corrected chi connectivity index (χ3v) is 4.98. The number of hydrogen-bond donors (Lipinski definition) is 1. The Morgan fingerprint density at radius 1 is 1.12 bits per heavy atom. The molecule has 1 aromatic rings. The molecule has 2 N–H and O–H groups in total. The Labute approximate surface area is 141 Å². The van der Waals surface area contributed by atoms with E-state index in [-0.39, 0.29) is 17.7 Å². The minimum Gasteiger partial charge on any atom is -0.486 e. The first-order chi connectivity index (χ1) is 11.4. The highest BCUT2D eigenvalue weighted by atomic mass is 16.6. The topological polar surface area (TPSA) is 81.9 Å². The highest BCUT2D eigenvalue weighted by molar-refractivity contribution is 5.88. The quantitative estimate of drug-likeness (QED) is 0.908. The molecule has 3 rings (SSSR count). The number of carbonyl (C=O) groups excluding carboxylic acids is 2. The molecule has 0 aliphatic carbocycles. The monoisotopic (exact) mass is 332 g/mol. The fourth-order valence-electron chi connectivity index (χ4n) is 3.32. The Morgan fingerprint density at radius 3 is 2.38 bits per heavy atom. The second kappa shape index (κ2) is 6.34. The number of nitrogens with zero attached hydrogens (tertiary/aromatic N) is 1. The van der Waals surface area contributed by atoms with E-state index in [1.807, 2.05) is 36.9 Å². The number of benzene rings is 1. The van der Waals surface area contributed by atoms with Crippen LogP contribution in [0.3, 0.4) is 0 Å². The van der Waals surface area contributed by atoms with E-state index in [1.54, 1.807) is 0 Å². The number of carbonyl (C=O) groups is 2. The summed E-state index contributed by atoms with van der Waals surface area (Å²) in [5, 5.41) is 0. The molecule has 24 heavy (non-hydrogen) atoms. The Morgan fingerprint density at radius 2 is 1.75 bits per heavy atom. The van der Waals surface area contributed by atoms with Crippen LogP contribution in [0.25, 0.3) is 0 Å². The summed E-state index contributed by atoms with van der Waals surface area (Å²) in [5.41, 5.74) is 5.59. The van der Waals surface area contributed by atoms with Crippen LogP contribution in [0.4, 0.5) is 0 Å². The van der Waals surface area contributed by atoms with Crippen molar-refractivity contribution >= 4 is 11.8 Å². The van der Waals surface area contributed by atoms with Gasteiger partial charge in [-0.15, -0.1) is 0 Å². The Kier molecular flexibility index (Phi) is 4.39. The molecule has 6 nitrogen and oxygen atoms in total. The molecular formula is C18H24N2O4. The van der Waals surface area contributed by atoms with Gasteiger partial charge in [0, 0.05) is 19.0 Å². The van der Waals surface area contributed by atoms with Gasteiger partial charge in [0.2, 0.25) is 11.8 Å². The zero-order valence-electron chi connectivity index (χ0n) is 14.2. The van der Waals surface area contributed by atoms with Gasteiger partial charge in [-0.1, -0.05) is 6.07 Å². The summed E-state index contributed by atoms with van der Waals surface area (Å²) in [5.74, 6) is 1.07. The van der Waals surface area contributed by atoms with Crippen LogP contribution in [-0.4, -0.2) is 43.0 Å². The third-order valence-electron chi connectivity index (χ3n) is 4.98. The highest BCUT2D eigenvalue weighted by Gasteiger charge is 2.36. The summed E-state index contributed by atoms with van der Waals surface area (Å²) in [6.45, 7) is 6.04. The molecule has 2 aliphatic rings. The van der Waals surface area contributed by atoms with Gasteiger partial charge in [-0.2, -0.15) is 0 Å². The summed E-state index contributed by atoms with van der Waals surface area (Å²) in [4.78, 5) is 26.1. The van der Waals surface area contributed by atoms with E-state index in [0.717, 1.165) is 11.3 Å². The van der Waals surface area contributed by atoms with E-state index in [1.165, 1.54) is 0 Å². The lowest BCUT2D eigenvalue weighted by Gasteiger charge is -2.36. The van der Waals surface area contributed by atoms with Crippen LogP contribution in [0, 0.1) is 5.92 Å². The minimum absolute atomic E-state index is 0.0575. The molecule has 0 spiro atoms. The number of hydrogen-bond acceptors (Lipinski definition) is 4. The zero-order chi connectivity index (χ0) is 17.3. The number of fused-ring (bicyclic) bond motifs is 1. The van der Waals surface area contributed by atoms with Crippen LogP contribution >= 0.6 is 0 Å². The van der Waals surface area contributed by atoms with E-state index in [2.05, 4.69) is 0 Å². The van der Waals surface area contributed by atoms with Gasteiger partial charge in [0.1, 0.15) is 13.2 Å². The number of nitrogens with two attached hydrogens (primary N) is 1. The molecular weight excluding hydrogens is 308 g/mol. The van der Waals surface area contributed by atoms with Crippen LogP contribution in [-0.2, 0) is 15.0 Å². The lowest BCUT2D eigenvalue weighted by atomic mass is 9.82. The standard InChI is InChI=1S/C18H24N2O4/c1-18(2,13-3-4-14-15(11-13)24-10-9-23-14)17(22)20-7-5-12(6-8-20)16(19)21/h3-4,11-12H,5-10H2,1-2H3,(H2,19,21). The van der Waals surface area contributed by atoms with Crippen molar-refractivity contribution in [2.75, 3.05) is 26.3 Å². The lowest BCUT2D eigenvalue weighted by molar-refractivity contribution is -0.139. The highest BCUT2D eigenvalue weighted by Crippen LogP contribution is 2.36. The molecule has 2 amide bonds. The van der Waals surface area contributed by atoms with Gasteiger partial charge in [0.15, 0.2) is 11.5 Å². The molecule has 130 valence electrons. The smallest absolute Gasteiger partial charge is 0.232 e. The first-order valence-corrected chi connectivity index (χ1v) is 8.38. The van der Waals surface area contributed by atoms with Gasteiger partial charge in [-0.05, 0) is 44.4 Å². The van der Waals surface area contributed by atoms with Gasteiger partial charge in [-0.3, -0.25) is 9.59 Å². The molecule has 2 aliphatic heterocycles. The second-order valence-corrected chi connectivity index (χ2v) is 6.95. The fraction of sp³-hybridized carbons (Fsp3) is 0.556. The van der Waals surface area contributed by atoms with Crippen molar-refractivity contribution in [2.45, 2.75) is 32.1 Å².